The van der Waals surface area contributed by atoms with E-state index in [1.54, 1.807) is 0 Å². The van der Waals surface area contributed by atoms with Gasteiger partial charge in [0.25, 0.3) is 0 Å². The summed E-state index contributed by atoms with van der Waals surface area (Å²) in [7, 11) is 0. The molecule has 0 unspecified atom stereocenters. The first-order chi connectivity index (χ1) is 17.1. The van der Waals surface area contributed by atoms with Crippen molar-refractivity contribution in [3.8, 4) is 0 Å². The molecular weight excluding hydrogens is 454 g/mol. The molecule has 0 spiro atoms. The smallest absolute Gasteiger partial charge is 0.226 e. The van der Waals surface area contributed by atoms with Gasteiger partial charge in [-0.2, -0.15) is 0 Å². The zero-order chi connectivity index (χ0) is 24.2. The molecule has 2 atom stereocenters. The van der Waals surface area contributed by atoms with Crippen LogP contribution in [-0.2, 0) is 4.79 Å². The van der Waals surface area contributed by atoms with E-state index in [9.17, 15) is 4.79 Å². The molecule has 2 N–H and O–H groups in total. The minimum atomic E-state index is -0.0684. The Balaban J connectivity index is 1.39. The van der Waals surface area contributed by atoms with Crippen LogP contribution in [0.3, 0.4) is 0 Å². The fraction of sp³-hybridized carbons (Fsp3) is 0.393. The van der Waals surface area contributed by atoms with Gasteiger partial charge in [0.05, 0.1) is 17.8 Å². The zero-order valence-electron chi connectivity index (χ0n) is 20.2. The van der Waals surface area contributed by atoms with E-state index in [0.717, 1.165) is 11.4 Å². The second-order valence-electron chi connectivity index (χ2n) is 9.62. The Morgan fingerprint density at radius 3 is 2.63 bits per heavy atom. The highest BCUT2D eigenvalue weighted by Gasteiger charge is 2.41. The number of nitrogens with zero attached hydrogens (tertiary/aromatic N) is 3. The second-order valence-corrected chi connectivity index (χ2v) is 10.0. The van der Waals surface area contributed by atoms with Gasteiger partial charge in [-0.15, -0.1) is 0 Å². The number of anilines is 1. The van der Waals surface area contributed by atoms with Crippen LogP contribution < -0.4 is 10.6 Å². The van der Waals surface area contributed by atoms with Gasteiger partial charge in [0, 0.05) is 42.8 Å². The SMILES string of the molecule is Cc1ccc(NC(=O)CCN2C(=S)N[C@H](c3ccccn3)[C@@H]2c2cccn2C2CCCCC2)cc1. The van der Waals surface area contributed by atoms with Crippen molar-refractivity contribution < 1.29 is 4.79 Å². The Bertz CT molecular complexity index is 1150. The zero-order valence-corrected chi connectivity index (χ0v) is 21.0. The number of thiocarbonyl (C=S) groups is 1. The largest absolute Gasteiger partial charge is 0.352 e. The Kier molecular flexibility index (Phi) is 7.13. The Morgan fingerprint density at radius 2 is 1.89 bits per heavy atom. The van der Waals surface area contributed by atoms with E-state index in [1.807, 2.05) is 49.5 Å². The van der Waals surface area contributed by atoms with E-state index in [1.165, 1.54) is 43.4 Å². The van der Waals surface area contributed by atoms with Gasteiger partial charge in [0.2, 0.25) is 5.91 Å². The maximum Gasteiger partial charge on any atom is 0.226 e. The van der Waals surface area contributed by atoms with Gasteiger partial charge in [-0.1, -0.05) is 43.0 Å². The highest BCUT2D eigenvalue weighted by atomic mass is 32.1. The number of aryl methyl sites for hydroxylation is 1. The summed E-state index contributed by atoms with van der Waals surface area (Å²) in [5.41, 5.74) is 4.18. The lowest BCUT2D eigenvalue weighted by Gasteiger charge is -2.32. The number of nitrogens with one attached hydrogen (secondary N) is 2. The van der Waals surface area contributed by atoms with Gasteiger partial charge >= 0.3 is 0 Å². The van der Waals surface area contributed by atoms with Gasteiger partial charge in [-0.25, -0.2) is 0 Å². The van der Waals surface area contributed by atoms with Crippen molar-refractivity contribution in [2.24, 2.45) is 0 Å². The fourth-order valence-electron chi connectivity index (χ4n) is 5.40. The maximum atomic E-state index is 12.8. The molecule has 3 aromatic rings. The number of rotatable bonds is 7. The van der Waals surface area contributed by atoms with Gasteiger partial charge in [-0.05, 0) is 68.4 Å². The predicted molar refractivity (Wildman–Crippen MR) is 143 cm³/mol. The highest BCUT2D eigenvalue weighted by Crippen LogP contribution is 2.41. The molecule has 0 radical (unpaired) electrons. The molecule has 5 rings (SSSR count). The number of amides is 1. The molecule has 2 aliphatic rings. The molecule has 0 bridgehead atoms. The van der Waals surface area contributed by atoms with Crippen molar-refractivity contribution in [3.05, 3.63) is 83.9 Å². The Hall–Kier alpha value is -3.19. The Labute approximate surface area is 212 Å². The molecule has 35 heavy (non-hydrogen) atoms. The normalized spacial score (nSPS) is 20.6. The molecule has 1 aliphatic heterocycles. The van der Waals surface area contributed by atoms with Crippen molar-refractivity contribution in [3.63, 3.8) is 0 Å². The van der Waals surface area contributed by atoms with Crippen molar-refractivity contribution in [1.29, 1.82) is 0 Å². The number of carbonyl (C=O) groups excluding carboxylic acids is 1. The quantitative estimate of drug-likeness (QED) is 0.419. The van der Waals surface area contributed by atoms with E-state index in [4.69, 9.17) is 12.2 Å². The minimum Gasteiger partial charge on any atom is -0.352 e. The van der Waals surface area contributed by atoms with Gasteiger partial charge in [-0.3, -0.25) is 9.78 Å². The van der Waals surface area contributed by atoms with E-state index >= 15 is 0 Å². The molecule has 1 aromatic carbocycles. The Morgan fingerprint density at radius 1 is 1.09 bits per heavy atom. The fourth-order valence-corrected chi connectivity index (χ4v) is 5.73. The van der Waals surface area contributed by atoms with E-state index in [2.05, 4.69) is 49.5 Å². The molecule has 1 saturated carbocycles. The number of aromatic nitrogens is 2. The predicted octanol–water partition coefficient (Wildman–Crippen LogP) is 5.70. The van der Waals surface area contributed by atoms with Gasteiger partial charge in [0.15, 0.2) is 5.11 Å². The van der Waals surface area contributed by atoms with Crippen molar-refractivity contribution in [1.82, 2.24) is 19.8 Å². The molecule has 7 heteroatoms. The molecule has 2 aromatic heterocycles. The molecule has 3 heterocycles. The summed E-state index contributed by atoms with van der Waals surface area (Å²) >= 11 is 5.81. The lowest BCUT2D eigenvalue weighted by Crippen LogP contribution is -2.33. The van der Waals surface area contributed by atoms with Crippen LogP contribution >= 0.6 is 12.2 Å². The van der Waals surface area contributed by atoms with Crippen molar-refractivity contribution >= 4 is 28.9 Å². The van der Waals surface area contributed by atoms with Gasteiger partial charge < -0.3 is 20.1 Å². The van der Waals surface area contributed by atoms with Crippen molar-refractivity contribution in [2.45, 2.75) is 63.6 Å². The molecule has 2 fully saturated rings. The standard InChI is InChI=1S/C28H33N5OS/c1-20-12-14-21(15-13-20)30-25(34)16-19-33-27(26(31-28(33)35)23-10-5-6-17-29-23)24-11-7-18-32(24)22-8-3-2-4-9-22/h5-7,10-15,17-18,22,26-27H,2-4,8-9,16,19H2,1H3,(H,30,34)(H,31,35)/t26-,27+/m1/s1. The number of benzene rings is 1. The summed E-state index contributed by atoms with van der Waals surface area (Å²) in [6.45, 7) is 2.57. The summed E-state index contributed by atoms with van der Waals surface area (Å²) in [6.07, 6.45) is 10.7. The summed E-state index contributed by atoms with van der Waals surface area (Å²) in [4.78, 5) is 19.6. The van der Waals surface area contributed by atoms with Crippen molar-refractivity contribution in [2.75, 3.05) is 11.9 Å². The third-order valence-corrected chi connectivity index (χ3v) is 7.55. The summed E-state index contributed by atoms with van der Waals surface area (Å²) in [5.74, 6) is -0.0145. The average molecular weight is 488 g/mol. The second kappa shape index (κ2) is 10.6. The third-order valence-electron chi connectivity index (χ3n) is 7.20. The van der Waals surface area contributed by atoms with Crippen LogP contribution in [-0.4, -0.2) is 32.0 Å². The molecular formula is C28H33N5OS. The number of carbonyl (C=O) groups is 1. The molecule has 1 aliphatic carbocycles. The number of pyridine rings is 1. The lowest BCUT2D eigenvalue weighted by molar-refractivity contribution is -0.116. The van der Waals surface area contributed by atoms with E-state index in [-0.39, 0.29) is 18.0 Å². The third kappa shape index (κ3) is 5.25. The minimum absolute atomic E-state index is 0.0145. The first kappa shape index (κ1) is 23.5. The van der Waals surface area contributed by atoms with Crippen LogP contribution in [0.1, 0.15) is 73.6 Å². The summed E-state index contributed by atoms with van der Waals surface area (Å²) < 4.78 is 2.45. The number of hydrogen-bond acceptors (Lipinski definition) is 3. The number of hydrogen-bond donors (Lipinski definition) is 2. The van der Waals surface area contributed by atoms with Crippen LogP contribution in [0.15, 0.2) is 67.0 Å². The van der Waals surface area contributed by atoms with Crippen LogP contribution in [0.25, 0.3) is 0 Å². The molecule has 6 nitrogen and oxygen atoms in total. The first-order valence-corrected chi connectivity index (χ1v) is 13.0. The average Bonchev–Trinajstić information content (AvgIpc) is 3.49. The van der Waals surface area contributed by atoms with Gasteiger partial charge in [0.1, 0.15) is 0 Å². The monoisotopic (exact) mass is 487 g/mol. The van der Waals surface area contributed by atoms with Crippen LogP contribution in [0.2, 0.25) is 0 Å². The molecule has 1 amide bonds. The highest BCUT2D eigenvalue weighted by molar-refractivity contribution is 7.80. The van der Waals surface area contributed by atoms with E-state index < -0.39 is 0 Å². The van der Waals surface area contributed by atoms with E-state index in [0.29, 0.717) is 24.1 Å². The molecule has 182 valence electrons. The lowest BCUT2D eigenvalue weighted by atomic mass is 9.94. The molecule has 1 saturated heterocycles. The maximum absolute atomic E-state index is 12.8. The summed E-state index contributed by atoms with van der Waals surface area (Å²) in [6, 6.07) is 18.7. The van der Waals surface area contributed by atoms with Crippen LogP contribution in [0.5, 0.6) is 0 Å². The van der Waals surface area contributed by atoms with Crippen LogP contribution in [0.4, 0.5) is 5.69 Å². The first-order valence-electron chi connectivity index (χ1n) is 12.6. The van der Waals surface area contributed by atoms with Crippen LogP contribution in [0, 0.1) is 6.92 Å². The topological polar surface area (TPSA) is 62.2 Å². The summed E-state index contributed by atoms with van der Waals surface area (Å²) in [5, 5.41) is 7.21.